The minimum atomic E-state index is -1.23. The topological polar surface area (TPSA) is 127 Å². The average Bonchev–Trinajstić information content (AvgIpc) is 2.44. The van der Waals surface area contributed by atoms with Crippen LogP contribution >= 0.6 is 11.6 Å². The van der Waals surface area contributed by atoms with Gasteiger partial charge in [0.15, 0.2) is 11.6 Å². The average molecular weight is 321 g/mol. The molecule has 0 aliphatic heterocycles. The van der Waals surface area contributed by atoms with Gasteiger partial charge in [0.25, 0.3) is 0 Å². The number of anilines is 1. The summed E-state index contributed by atoms with van der Waals surface area (Å²) in [6.45, 7) is 1.56. The number of nitrogens with two attached hydrogens (primary N) is 2. The van der Waals surface area contributed by atoms with E-state index in [2.05, 4.69) is 0 Å². The number of carbonyl (C=O) groups excluding carboxylic acids is 2. The normalized spacial score (nSPS) is 24.0. The third-order valence-corrected chi connectivity index (χ3v) is 4.41. The lowest BCUT2D eigenvalue weighted by Crippen LogP contribution is -2.42. The van der Waals surface area contributed by atoms with Crippen LogP contribution in [-0.4, -0.2) is 21.8 Å². The Hall–Kier alpha value is -2.47. The highest BCUT2D eigenvalue weighted by atomic mass is 35.5. The van der Waals surface area contributed by atoms with Crippen molar-refractivity contribution in [1.29, 1.82) is 0 Å². The number of carbonyl (C=O) groups is 2. The zero-order chi connectivity index (χ0) is 16.3. The summed E-state index contributed by atoms with van der Waals surface area (Å²) in [6.07, 6.45) is 1.25. The van der Waals surface area contributed by atoms with E-state index in [-0.39, 0.29) is 33.3 Å². The fraction of sp³-hybridized carbons (Fsp3) is 0.200. The van der Waals surface area contributed by atoms with Gasteiger partial charge >= 0.3 is 0 Å². The van der Waals surface area contributed by atoms with Gasteiger partial charge in [0.1, 0.15) is 11.5 Å². The van der Waals surface area contributed by atoms with Crippen LogP contribution in [0.1, 0.15) is 26.3 Å². The van der Waals surface area contributed by atoms with Gasteiger partial charge in [0, 0.05) is 11.4 Å². The number of nitrogen functional groups attached to an aromatic ring is 1. The zero-order valence-electron chi connectivity index (χ0n) is 11.6. The number of allylic oxidation sites excluding steroid dienone is 4. The van der Waals surface area contributed by atoms with Crippen LogP contribution in [-0.2, 0) is 0 Å². The first-order valence-corrected chi connectivity index (χ1v) is 6.89. The summed E-state index contributed by atoms with van der Waals surface area (Å²) >= 11 is 5.85. The number of hydrogen-bond donors (Lipinski definition) is 4. The van der Waals surface area contributed by atoms with E-state index in [4.69, 9.17) is 23.1 Å². The Bertz CT molecular complexity index is 810. The molecule has 2 unspecified atom stereocenters. The summed E-state index contributed by atoms with van der Waals surface area (Å²) in [7, 11) is 0. The number of ketones is 2. The Kier molecular flexibility index (Phi) is 2.97. The first kappa shape index (κ1) is 14.5. The SMILES string of the molecule is Cc1cc(N)c2c(c1O)C(=O)C1C(O)=C(Cl)C=C(N)C1C2=O. The highest BCUT2D eigenvalue weighted by Crippen LogP contribution is 2.45. The van der Waals surface area contributed by atoms with Crippen molar-refractivity contribution in [2.45, 2.75) is 6.92 Å². The standard InChI is InChI=1S/C15H13ClN2O4/c1-4-2-6(17)8-10(12(4)19)15(22)11-9(14(8)21)7(18)3-5(16)13(11)20/h2-3,9,11,19-20H,17-18H2,1H3. The maximum absolute atomic E-state index is 12.7. The van der Waals surface area contributed by atoms with E-state index in [9.17, 15) is 19.8 Å². The van der Waals surface area contributed by atoms with E-state index in [1.807, 2.05) is 0 Å². The fourth-order valence-electron chi connectivity index (χ4n) is 3.04. The first-order chi connectivity index (χ1) is 10.3. The quantitative estimate of drug-likeness (QED) is 0.426. The van der Waals surface area contributed by atoms with Crippen LogP contribution in [0, 0.1) is 18.8 Å². The van der Waals surface area contributed by atoms with Crippen LogP contribution in [0.15, 0.2) is 28.6 Å². The summed E-state index contributed by atoms with van der Waals surface area (Å²) in [5.41, 5.74) is 12.0. The zero-order valence-corrected chi connectivity index (χ0v) is 12.3. The number of halogens is 1. The molecule has 0 fully saturated rings. The molecule has 2 aliphatic rings. The molecular formula is C15H13ClN2O4. The van der Waals surface area contributed by atoms with E-state index in [1.54, 1.807) is 6.92 Å². The molecule has 0 amide bonds. The third kappa shape index (κ3) is 1.67. The van der Waals surface area contributed by atoms with E-state index in [1.165, 1.54) is 12.1 Å². The second-order valence-corrected chi connectivity index (χ2v) is 5.85. The van der Waals surface area contributed by atoms with Crippen molar-refractivity contribution in [3.63, 3.8) is 0 Å². The molecule has 0 saturated heterocycles. The molecule has 22 heavy (non-hydrogen) atoms. The minimum Gasteiger partial charge on any atom is -0.510 e. The van der Waals surface area contributed by atoms with Crippen molar-refractivity contribution < 1.29 is 19.8 Å². The molecule has 0 bridgehead atoms. The lowest BCUT2D eigenvalue weighted by molar-refractivity contribution is 0.0745. The molecule has 0 spiro atoms. The molecular weight excluding hydrogens is 308 g/mol. The van der Waals surface area contributed by atoms with Crippen molar-refractivity contribution in [3.05, 3.63) is 45.3 Å². The molecule has 2 atom stereocenters. The predicted octanol–water partition coefficient (Wildman–Crippen LogP) is 1.76. The van der Waals surface area contributed by atoms with Gasteiger partial charge in [-0.15, -0.1) is 0 Å². The largest absolute Gasteiger partial charge is 0.510 e. The second-order valence-electron chi connectivity index (χ2n) is 5.44. The predicted molar refractivity (Wildman–Crippen MR) is 80.7 cm³/mol. The maximum atomic E-state index is 12.7. The Morgan fingerprint density at radius 1 is 1.09 bits per heavy atom. The van der Waals surface area contributed by atoms with Crippen molar-refractivity contribution in [3.8, 4) is 5.75 Å². The summed E-state index contributed by atoms with van der Waals surface area (Å²) < 4.78 is 0. The van der Waals surface area contributed by atoms with Gasteiger partial charge in [-0.2, -0.15) is 0 Å². The Labute approximate surface area is 130 Å². The number of phenols is 1. The highest BCUT2D eigenvalue weighted by Gasteiger charge is 2.49. The van der Waals surface area contributed by atoms with Crippen molar-refractivity contribution >= 4 is 28.9 Å². The minimum absolute atomic E-state index is 0.0588. The number of aryl methyl sites for hydroxylation is 1. The van der Waals surface area contributed by atoms with Crippen molar-refractivity contribution in [1.82, 2.24) is 0 Å². The Morgan fingerprint density at radius 2 is 1.68 bits per heavy atom. The smallest absolute Gasteiger partial charge is 0.179 e. The van der Waals surface area contributed by atoms with Crippen LogP contribution in [0.3, 0.4) is 0 Å². The maximum Gasteiger partial charge on any atom is 0.179 e. The van der Waals surface area contributed by atoms with Gasteiger partial charge in [0.05, 0.1) is 28.0 Å². The summed E-state index contributed by atoms with van der Waals surface area (Å²) in [5, 5.41) is 20.2. The molecule has 0 radical (unpaired) electrons. The van der Waals surface area contributed by atoms with Crippen molar-refractivity contribution in [2.75, 3.05) is 5.73 Å². The van der Waals surface area contributed by atoms with E-state index < -0.39 is 29.2 Å². The van der Waals surface area contributed by atoms with Crippen LogP contribution < -0.4 is 11.5 Å². The number of hydrogen-bond acceptors (Lipinski definition) is 6. The number of benzene rings is 1. The summed E-state index contributed by atoms with van der Waals surface area (Å²) in [5.74, 6) is -4.19. The number of aromatic hydroxyl groups is 1. The van der Waals surface area contributed by atoms with Gasteiger partial charge in [-0.05, 0) is 24.6 Å². The van der Waals surface area contributed by atoms with Gasteiger partial charge < -0.3 is 21.7 Å². The van der Waals surface area contributed by atoms with Gasteiger partial charge in [0.2, 0.25) is 0 Å². The third-order valence-electron chi connectivity index (χ3n) is 4.10. The van der Waals surface area contributed by atoms with Crippen LogP contribution in [0.5, 0.6) is 5.75 Å². The summed E-state index contributed by atoms with van der Waals surface area (Å²) in [6, 6.07) is 1.42. The molecule has 0 aromatic heterocycles. The van der Waals surface area contributed by atoms with Crippen molar-refractivity contribution in [2.24, 2.45) is 17.6 Å². The fourth-order valence-corrected chi connectivity index (χ4v) is 3.28. The van der Waals surface area contributed by atoms with E-state index >= 15 is 0 Å². The number of rotatable bonds is 0. The molecule has 1 aromatic carbocycles. The molecule has 114 valence electrons. The van der Waals surface area contributed by atoms with E-state index in [0.717, 1.165) is 0 Å². The van der Waals surface area contributed by atoms with Gasteiger partial charge in [-0.3, -0.25) is 9.59 Å². The Balaban J connectivity index is 2.35. The highest BCUT2D eigenvalue weighted by molar-refractivity contribution is 6.32. The molecule has 0 saturated carbocycles. The summed E-state index contributed by atoms with van der Waals surface area (Å²) in [4.78, 5) is 25.4. The molecule has 1 aromatic rings. The van der Waals surface area contributed by atoms with Gasteiger partial charge in [-0.25, -0.2) is 0 Å². The first-order valence-electron chi connectivity index (χ1n) is 6.51. The number of Topliss-reactive ketones (excluding diaryl/α,β-unsaturated/α-hetero) is 2. The number of fused-ring (bicyclic) bond motifs is 2. The molecule has 2 aliphatic carbocycles. The monoisotopic (exact) mass is 320 g/mol. The van der Waals surface area contributed by atoms with Crippen LogP contribution in [0.4, 0.5) is 5.69 Å². The lowest BCUT2D eigenvalue weighted by atomic mass is 9.69. The number of phenolic OH excluding ortho intramolecular Hbond substituents is 1. The Morgan fingerprint density at radius 3 is 2.32 bits per heavy atom. The molecule has 6 N–H and O–H groups in total. The molecule has 7 heteroatoms. The number of aliphatic hydroxyl groups is 1. The van der Waals surface area contributed by atoms with Crippen LogP contribution in [0.25, 0.3) is 0 Å². The molecule has 6 nitrogen and oxygen atoms in total. The molecule has 0 heterocycles. The van der Waals surface area contributed by atoms with E-state index in [0.29, 0.717) is 5.56 Å². The number of aliphatic hydroxyl groups excluding tert-OH is 1. The van der Waals surface area contributed by atoms with Gasteiger partial charge in [-0.1, -0.05) is 11.6 Å². The lowest BCUT2D eigenvalue weighted by Gasteiger charge is -2.34. The van der Waals surface area contributed by atoms with Crippen LogP contribution in [0.2, 0.25) is 0 Å². The second kappa shape index (κ2) is 4.51. The molecule has 3 rings (SSSR count).